The van der Waals surface area contributed by atoms with Crippen LogP contribution in [-0.4, -0.2) is 13.2 Å². The minimum atomic E-state index is -0.00129. The first kappa shape index (κ1) is 17.2. The fraction of sp³-hybridized carbons (Fsp3) is 0.167. The zero-order valence-corrected chi connectivity index (χ0v) is 16.4. The van der Waals surface area contributed by atoms with Crippen molar-refractivity contribution in [1.82, 2.24) is 0 Å². The number of fused-ring (bicyclic) bond motifs is 4. The maximum absolute atomic E-state index is 9.65. The summed E-state index contributed by atoms with van der Waals surface area (Å²) in [7, 11) is 1.98. The van der Waals surface area contributed by atoms with E-state index in [1.807, 2.05) is 31.3 Å². The van der Waals surface area contributed by atoms with Crippen LogP contribution in [0.5, 0.6) is 0 Å². The molecule has 140 valence electrons. The van der Waals surface area contributed by atoms with Crippen molar-refractivity contribution >= 4 is 44.7 Å². The highest BCUT2D eigenvalue weighted by atomic mass is 16.3. The molecule has 5 heteroatoms. The summed E-state index contributed by atoms with van der Waals surface area (Å²) < 4.78 is 6.11. The van der Waals surface area contributed by atoms with Gasteiger partial charge in [0.2, 0.25) is 0 Å². The number of nitrogens with zero attached hydrogens (tertiary/aromatic N) is 4. The molecule has 2 heterocycles. The predicted octanol–water partition coefficient (Wildman–Crippen LogP) is 6.25. The number of hydrogen-bond acceptors (Lipinski definition) is 4. The number of aryl methyl sites for hydroxylation is 1. The van der Waals surface area contributed by atoms with Gasteiger partial charge in [0.1, 0.15) is 23.4 Å². The quantitative estimate of drug-likeness (QED) is 0.367. The van der Waals surface area contributed by atoms with E-state index in [4.69, 9.17) is 11.0 Å². The van der Waals surface area contributed by atoms with Gasteiger partial charge in [0.15, 0.2) is 5.69 Å². The van der Waals surface area contributed by atoms with E-state index in [0.29, 0.717) is 11.3 Å². The van der Waals surface area contributed by atoms with Crippen molar-refractivity contribution in [3.8, 4) is 6.07 Å². The van der Waals surface area contributed by atoms with Crippen molar-refractivity contribution in [2.75, 3.05) is 16.8 Å². The molecule has 0 amide bonds. The second kappa shape index (κ2) is 6.02. The maximum Gasteiger partial charge on any atom is 0.190 e. The molecule has 0 bridgehead atoms. The van der Waals surface area contributed by atoms with Crippen LogP contribution in [0, 0.1) is 24.8 Å². The van der Waals surface area contributed by atoms with Gasteiger partial charge in [-0.2, -0.15) is 5.26 Å². The molecule has 0 spiro atoms. The molecule has 1 aliphatic heterocycles. The Morgan fingerprint density at radius 3 is 2.62 bits per heavy atom. The lowest BCUT2D eigenvalue weighted by molar-refractivity contribution is 0.668. The van der Waals surface area contributed by atoms with E-state index in [1.165, 1.54) is 0 Å². The Bertz CT molecular complexity index is 1390. The van der Waals surface area contributed by atoms with Crippen molar-refractivity contribution in [3.05, 3.63) is 71.1 Å². The highest BCUT2D eigenvalue weighted by Crippen LogP contribution is 2.48. The molecular weight excluding hydrogens is 360 g/mol. The first-order valence-corrected chi connectivity index (χ1v) is 9.43. The van der Waals surface area contributed by atoms with Crippen molar-refractivity contribution in [1.29, 1.82) is 5.26 Å². The smallest absolute Gasteiger partial charge is 0.190 e. The van der Waals surface area contributed by atoms with Gasteiger partial charge in [0, 0.05) is 29.6 Å². The Hall–Kier alpha value is -3.96. The van der Waals surface area contributed by atoms with Crippen LogP contribution in [0.1, 0.15) is 18.1 Å². The molecule has 0 radical (unpaired) electrons. The maximum atomic E-state index is 9.65. The normalized spacial score (nSPS) is 15.6. The topological polar surface area (TPSA) is 47.8 Å². The van der Waals surface area contributed by atoms with Crippen LogP contribution in [0.15, 0.2) is 52.9 Å². The molecule has 1 atom stereocenters. The van der Waals surface area contributed by atoms with Gasteiger partial charge in [0.05, 0.1) is 23.5 Å². The number of rotatable bonds is 1. The van der Waals surface area contributed by atoms with Crippen LogP contribution < -0.4 is 9.80 Å². The highest BCUT2D eigenvalue weighted by Gasteiger charge is 2.35. The fourth-order valence-corrected chi connectivity index (χ4v) is 4.33. The molecule has 4 aromatic rings. The van der Waals surface area contributed by atoms with Crippen molar-refractivity contribution in [2.45, 2.75) is 20.0 Å². The standard InChI is InChI=1S/C24H18N4O/c1-14-9-19-18-7-5-6-8-22(18)29-23(19)12-20(14)28-15(2)27(4)24-16(13-25)10-17(26-3)11-21(24)28/h5-12,15H,1-2,4H3/t15-/m0/s1. The Labute approximate surface area is 168 Å². The van der Waals surface area contributed by atoms with Crippen molar-refractivity contribution in [3.63, 3.8) is 0 Å². The van der Waals surface area contributed by atoms with Crippen LogP contribution in [0.2, 0.25) is 0 Å². The molecule has 0 aliphatic carbocycles. The average Bonchev–Trinajstić information content (AvgIpc) is 3.21. The minimum absolute atomic E-state index is 0.00129. The van der Waals surface area contributed by atoms with E-state index in [9.17, 15) is 5.26 Å². The molecule has 0 unspecified atom stereocenters. The van der Waals surface area contributed by atoms with E-state index in [-0.39, 0.29) is 6.17 Å². The molecule has 1 aliphatic rings. The molecule has 3 aromatic carbocycles. The molecule has 5 nitrogen and oxygen atoms in total. The molecule has 0 saturated carbocycles. The summed E-state index contributed by atoms with van der Waals surface area (Å²) in [5.41, 5.74) is 6.55. The molecule has 29 heavy (non-hydrogen) atoms. The van der Waals surface area contributed by atoms with Gasteiger partial charge in [-0.25, -0.2) is 4.85 Å². The third kappa shape index (κ3) is 2.31. The van der Waals surface area contributed by atoms with E-state index in [2.05, 4.69) is 52.8 Å². The van der Waals surface area contributed by atoms with E-state index >= 15 is 0 Å². The number of hydrogen-bond donors (Lipinski definition) is 0. The molecular formula is C24H18N4O. The van der Waals surface area contributed by atoms with Crippen LogP contribution in [0.25, 0.3) is 26.8 Å². The van der Waals surface area contributed by atoms with Gasteiger partial charge in [-0.1, -0.05) is 18.2 Å². The van der Waals surface area contributed by atoms with Gasteiger partial charge in [0.25, 0.3) is 0 Å². The number of para-hydroxylation sites is 1. The summed E-state index contributed by atoms with van der Waals surface area (Å²) in [6, 6.07) is 18.1. The summed E-state index contributed by atoms with van der Waals surface area (Å²) >= 11 is 0. The summed E-state index contributed by atoms with van der Waals surface area (Å²) in [5.74, 6) is 0. The fourth-order valence-electron chi connectivity index (χ4n) is 4.33. The van der Waals surface area contributed by atoms with Gasteiger partial charge < -0.3 is 14.2 Å². The van der Waals surface area contributed by atoms with Gasteiger partial charge in [-0.15, -0.1) is 0 Å². The highest BCUT2D eigenvalue weighted by molar-refractivity contribution is 6.06. The third-order valence-corrected chi connectivity index (χ3v) is 5.83. The SMILES string of the molecule is [C-]#[N+]c1cc(C#N)c2c(c1)N(c1cc3oc4ccccc4c3cc1C)[C@@H](C)N2C. The molecule has 0 fully saturated rings. The van der Waals surface area contributed by atoms with Crippen molar-refractivity contribution in [2.24, 2.45) is 0 Å². The van der Waals surface area contributed by atoms with Crippen LogP contribution in [0.4, 0.5) is 22.7 Å². The van der Waals surface area contributed by atoms with Crippen LogP contribution in [0.3, 0.4) is 0 Å². The Kier molecular flexibility index (Phi) is 3.56. The lowest BCUT2D eigenvalue weighted by atomic mass is 10.1. The number of benzene rings is 3. The summed E-state index contributed by atoms with van der Waals surface area (Å²) in [5, 5.41) is 11.8. The van der Waals surface area contributed by atoms with E-state index < -0.39 is 0 Å². The zero-order chi connectivity index (χ0) is 20.3. The molecule has 5 rings (SSSR count). The average molecular weight is 378 g/mol. The summed E-state index contributed by atoms with van der Waals surface area (Å²) in [6.45, 7) is 11.6. The Morgan fingerprint density at radius 2 is 1.86 bits per heavy atom. The Morgan fingerprint density at radius 1 is 1.07 bits per heavy atom. The molecule has 1 aromatic heterocycles. The first-order chi connectivity index (χ1) is 14.0. The summed E-state index contributed by atoms with van der Waals surface area (Å²) in [4.78, 5) is 7.85. The second-order valence-corrected chi connectivity index (χ2v) is 7.43. The number of anilines is 3. The monoisotopic (exact) mass is 378 g/mol. The summed E-state index contributed by atoms with van der Waals surface area (Å²) in [6.07, 6.45) is -0.00129. The van der Waals surface area contributed by atoms with E-state index in [0.717, 1.165) is 44.6 Å². The van der Waals surface area contributed by atoms with Crippen molar-refractivity contribution < 1.29 is 4.42 Å². The largest absolute Gasteiger partial charge is 0.456 e. The van der Waals surface area contributed by atoms with Crippen LogP contribution in [-0.2, 0) is 0 Å². The lowest BCUT2D eigenvalue weighted by Gasteiger charge is -2.29. The zero-order valence-electron chi connectivity index (χ0n) is 16.4. The predicted molar refractivity (Wildman–Crippen MR) is 116 cm³/mol. The van der Waals surface area contributed by atoms with Crippen LogP contribution >= 0.6 is 0 Å². The van der Waals surface area contributed by atoms with E-state index in [1.54, 1.807) is 6.07 Å². The van der Waals surface area contributed by atoms with Gasteiger partial charge in [-0.05, 0) is 43.7 Å². The number of nitriles is 1. The third-order valence-electron chi connectivity index (χ3n) is 5.83. The minimum Gasteiger partial charge on any atom is -0.456 e. The Balaban J connectivity index is 1.78. The first-order valence-electron chi connectivity index (χ1n) is 9.43. The molecule has 0 saturated heterocycles. The number of furan rings is 1. The second-order valence-electron chi connectivity index (χ2n) is 7.43. The van der Waals surface area contributed by atoms with Gasteiger partial charge >= 0.3 is 0 Å². The molecule has 0 N–H and O–H groups in total. The lowest BCUT2D eigenvalue weighted by Crippen LogP contribution is -2.36. The van der Waals surface area contributed by atoms with Gasteiger partial charge in [-0.3, -0.25) is 0 Å².